The molecule has 8 heteroatoms. The molecule has 1 saturated carbocycles. The first kappa shape index (κ1) is 18.3. The van der Waals surface area contributed by atoms with Crippen LogP contribution in [0.3, 0.4) is 0 Å². The van der Waals surface area contributed by atoms with Crippen LogP contribution in [-0.4, -0.2) is 26.1 Å². The van der Waals surface area contributed by atoms with Gasteiger partial charge >= 0.3 is 0 Å². The van der Waals surface area contributed by atoms with E-state index in [9.17, 15) is 22.9 Å². The summed E-state index contributed by atoms with van der Waals surface area (Å²) >= 11 is 0. The van der Waals surface area contributed by atoms with Gasteiger partial charge in [-0.1, -0.05) is 18.6 Å². The van der Waals surface area contributed by atoms with E-state index in [1.54, 1.807) is 12.1 Å². The Hall–Kier alpha value is -2.48. The molecule has 0 saturated heterocycles. The minimum absolute atomic E-state index is 0.138. The summed E-state index contributed by atoms with van der Waals surface area (Å²) in [5, 5.41) is 14.3. The highest BCUT2D eigenvalue weighted by molar-refractivity contribution is 7.90. The van der Waals surface area contributed by atoms with Crippen molar-refractivity contribution in [1.29, 1.82) is 0 Å². The number of rotatable bonds is 6. The first-order chi connectivity index (χ1) is 12.2. The van der Waals surface area contributed by atoms with E-state index in [-0.39, 0.29) is 16.1 Å². The number of benzene rings is 2. The van der Waals surface area contributed by atoms with Crippen molar-refractivity contribution < 1.29 is 17.7 Å². The number of halogens is 1. The third-order valence-electron chi connectivity index (χ3n) is 4.95. The molecular weight excluding hydrogens is 359 g/mol. The molecule has 3 rings (SSSR count). The summed E-state index contributed by atoms with van der Waals surface area (Å²) in [6, 6.07) is 10.4. The second kappa shape index (κ2) is 6.68. The number of anilines is 1. The lowest BCUT2D eigenvalue weighted by Gasteiger charge is -2.43. The molecular formula is C18H19FN2O4S. The molecule has 1 fully saturated rings. The predicted molar refractivity (Wildman–Crippen MR) is 96.6 cm³/mol. The lowest BCUT2D eigenvalue weighted by Crippen LogP contribution is -2.41. The Morgan fingerprint density at radius 1 is 1.19 bits per heavy atom. The second-order valence-electron chi connectivity index (χ2n) is 6.71. The molecule has 0 unspecified atom stereocenters. The summed E-state index contributed by atoms with van der Waals surface area (Å²) in [7, 11) is -3.73. The lowest BCUT2D eigenvalue weighted by molar-refractivity contribution is -0.387. The van der Waals surface area contributed by atoms with Crippen molar-refractivity contribution in [3.05, 3.63) is 64.0 Å². The second-order valence-corrected chi connectivity index (χ2v) is 8.69. The van der Waals surface area contributed by atoms with Gasteiger partial charge in [-0.3, -0.25) is 10.1 Å². The molecule has 138 valence electrons. The molecule has 1 aliphatic carbocycles. The quantitative estimate of drug-likeness (QED) is 0.612. The standard InChI is InChI=1S/C18H19FN2O4S/c1-26(24,25)17-11-15(7-8-16(17)21(22)23)20-12-18(9-2-10-18)13-3-5-14(19)6-4-13/h3-8,11,20H,2,9-10,12H2,1H3. The van der Waals surface area contributed by atoms with Gasteiger partial charge in [-0.15, -0.1) is 0 Å². The number of nitrogens with zero attached hydrogens (tertiary/aromatic N) is 1. The van der Waals surface area contributed by atoms with Crippen LogP contribution in [-0.2, 0) is 15.3 Å². The van der Waals surface area contributed by atoms with Gasteiger partial charge in [0, 0.05) is 30.0 Å². The molecule has 6 nitrogen and oxygen atoms in total. The van der Waals surface area contributed by atoms with E-state index in [0.717, 1.165) is 31.1 Å². The van der Waals surface area contributed by atoms with Crippen LogP contribution in [0.5, 0.6) is 0 Å². The van der Waals surface area contributed by atoms with Gasteiger partial charge in [0.25, 0.3) is 5.69 Å². The maximum Gasteiger partial charge on any atom is 0.288 e. The molecule has 0 heterocycles. The van der Waals surface area contributed by atoms with Crippen molar-refractivity contribution in [1.82, 2.24) is 0 Å². The van der Waals surface area contributed by atoms with Gasteiger partial charge in [-0.2, -0.15) is 0 Å². The third kappa shape index (κ3) is 3.55. The van der Waals surface area contributed by atoms with Crippen LogP contribution in [0, 0.1) is 15.9 Å². The van der Waals surface area contributed by atoms with Crippen LogP contribution in [0.4, 0.5) is 15.8 Å². The molecule has 0 aromatic heterocycles. The average Bonchev–Trinajstić information content (AvgIpc) is 2.54. The molecule has 0 bridgehead atoms. The topological polar surface area (TPSA) is 89.3 Å². The minimum atomic E-state index is -3.73. The molecule has 0 aliphatic heterocycles. The van der Waals surface area contributed by atoms with E-state index in [1.165, 1.54) is 30.3 Å². The van der Waals surface area contributed by atoms with E-state index >= 15 is 0 Å². The molecule has 2 aromatic carbocycles. The molecule has 0 atom stereocenters. The highest BCUT2D eigenvalue weighted by Gasteiger charge is 2.38. The summed E-state index contributed by atoms with van der Waals surface area (Å²) in [4.78, 5) is 10.0. The maximum atomic E-state index is 13.2. The smallest absolute Gasteiger partial charge is 0.288 e. The van der Waals surface area contributed by atoms with Crippen LogP contribution >= 0.6 is 0 Å². The monoisotopic (exact) mass is 378 g/mol. The van der Waals surface area contributed by atoms with Crippen molar-refractivity contribution in [2.45, 2.75) is 29.6 Å². The number of nitro benzene ring substituents is 1. The molecule has 0 spiro atoms. The molecule has 0 amide bonds. The van der Waals surface area contributed by atoms with Crippen LogP contribution in [0.2, 0.25) is 0 Å². The number of hydrogen-bond donors (Lipinski definition) is 1. The Bertz CT molecular complexity index is 938. The SMILES string of the molecule is CS(=O)(=O)c1cc(NCC2(c3ccc(F)cc3)CCC2)ccc1[N+](=O)[O-]. The summed E-state index contributed by atoms with van der Waals surface area (Å²) < 4.78 is 36.9. The van der Waals surface area contributed by atoms with Gasteiger partial charge in [0.2, 0.25) is 0 Å². The van der Waals surface area contributed by atoms with E-state index in [1.807, 2.05) is 0 Å². The van der Waals surface area contributed by atoms with Gasteiger partial charge in [0.15, 0.2) is 9.84 Å². The molecule has 1 aliphatic rings. The van der Waals surface area contributed by atoms with E-state index < -0.39 is 20.4 Å². The zero-order valence-corrected chi connectivity index (χ0v) is 15.1. The van der Waals surface area contributed by atoms with E-state index in [2.05, 4.69) is 5.32 Å². The van der Waals surface area contributed by atoms with Crippen molar-refractivity contribution in [3.8, 4) is 0 Å². The van der Waals surface area contributed by atoms with Gasteiger partial charge in [-0.25, -0.2) is 12.8 Å². The summed E-state index contributed by atoms with van der Waals surface area (Å²) in [5.41, 5.74) is 0.961. The fraction of sp³-hybridized carbons (Fsp3) is 0.333. The summed E-state index contributed by atoms with van der Waals surface area (Å²) in [6.07, 6.45) is 3.90. The Labute approximate surface area is 151 Å². The lowest BCUT2D eigenvalue weighted by atomic mass is 9.64. The Balaban J connectivity index is 1.85. The van der Waals surface area contributed by atoms with Crippen molar-refractivity contribution in [2.24, 2.45) is 0 Å². The Kier molecular flexibility index (Phi) is 4.70. The number of hydrogen-bond acceptors (Lipinski definition) is 5. The first-order valence-corrected chi connectivity index (χ1v) is 10.1. The number of nitrogens with one attached hydrogen (secondary N) is 1. The predicted octanol–water partition coefficient (Wildman–Crippen LogP) is 3.67. The normalized spacial score (nSPS) is 15.9. The van der Waals surface area contributed by atoms with Crippen molar-refractivity contribution >= 4 is 21.2 Å². The van der Waals surface area contributed by atoms with Crippen LogP contribution in [0.1, 0.15) is 24.8 Å². The van der Waals surface area contributed by atoms with Crippen LogP contribution in [0.15, 0.2) is 47.4 Å². The first-order valence-electron chi connectivity index (χ1n) is 8.20. The summed E-state index contributed by atoms with van der Waals surface area (Å²) in [6.45, 7) is 0.541. The van der Waals surface area contributed by atoms with Crippen molar-refractivity contribution in [3.63, 3.8) is 0 Å². The maximum absolute atomic E-state index is 13.2. The average molecular weight is 378 g/mol. The zero-order valence-electron chi connectivity index (χ0n) is 14.2. The van der Waals surface area contributed by atoms with Gasteiger partial charge in [0.1, 0.15) is 10.7 Å². The fourth-order valence-corrected chi connectivity index (χ4v) is 4.18. The summed E-state index contributed by atoms with van der Waals surface area (Å²) in [5.74, 6) is -0.288. The largest absolute Gasteiger partial charge is 0.384 e. The Morgan fingerprint density at radius 3 is 2.35 bits per heavy atom. The van der Waals surface area contributed by atoms with Crippen LogP contribution in [0.25, 0.3) is 0 Å². The molecule has 0 radical (unpaired) electrons. The Morgan fingerprint density at radius 2 is 1.85 bits per heavy atom. The van der Waals surface area contributed by atoms with E-state index in [0.29, 0.717) is 12.2 Å². The van der Waals surface area contributed by atoms with E-state index in [4.69, 9.17) is 0 Å². The van der Waals surface area contributed by atoms with Crippen LogP contribution < -0.4 is 5.32 Å². The molecule has 1 N–H and O–H groups in total. The highest BCUT2D eigenvalue weighted by Crippen LogP contribution is 2.44. The minimum Gasteiger partial charge on any atom is -0.384 e. The van der Waals surface area contributed by atoms with Gasteiger partial charge in [0.05, 0.1) is 4.92 Å². The highest BCUT2D eigenvalue weighted by atomic mass is 32.2. The third-order valence-corrected chi connectivity index (χ3v) is 6.08. The van der Waals surface area contributed by atoms with Gasteiger partial charge in [-0.05, 0) is 42.7 Å². The molecule has 26 heavy (non-hydrogen) atoms. The van der Waals surface area contributed by atoms with Crippen molar-refractivity contribution in [2.75, 3.05) is 18.1 Å². The molecule has 2 aromatic rings. The zero-order chi connectivity index (χ0) is 18.9. The van der Waals surface area contributed by atoms with Gasteiger partial charge < -0.3 is 5.32 Å². The number of nitro groups is 1. The fourth-order valence-electron chi connectivity index (χ4n) is 3.32. The number of sulfone groups is 1.